The minimum Gasteiger partial charge on any atom is -0.467 e. The fourth-order valence-electron chi connectivity index (χ4n) is 1.60. The lowest BCUT2D eigenvalue weighted by atomic mass is 10.2. The summed E-state index contributed by atoms with van der Waals surface area (Å²) >= 11 is 16.7. The van der Waals surface area contributed by atoms with E-state index in [4.69, 9.17) is 27.9 Å². The van der Waals surface area contributed by atoms with E-state index >= 15 is 0 Å². The molecular weight excluding hydrogens is 385 g/mol. The fourth-order valence-corrected chi connectivity index (χ4v) is 3.57. The first-order valence-corrected chi connectivity index (χ1v) is 7.93. The van der Waals surface area contributed by atoms with E-state index in [9.17, 15) is 4.79 Å². The zero-order valence-corrected chi connectivity index (χ0v) is 14.2. The number of rotatable bonds is 4. The number of para-hydroxylation sites is 1. The highest BCUT2D eigenvalue weighted by atomic mass is 79.9. The number of benzene rings is 1. The van der Waals surface area contributed by atoms with Gasteiger partial charge in [-0.2, -0.15) is 0 Å². The van der Waals surface area contributed by atoms with E-state index in [0.717, 1.165) is 9.35 Å². The van der Waals surface area contributed by atoms with Crippen molar-refractivity contribution in [1.29, 1.82) is 0 Å². The summed E-state index contributed by atoms with van der Waals surface area (Å²) in [6.07, 6.45) is 0. The molecule has 0 amide bonds. The van der Waals surface area contributed by atoms with Gasteiger partial charge in [0.05, 0.1) is 17.8 Å². The molecule has 0 aliphatic carbocycles. The van der Waals surface area contributed by atoms with Gasteiger partial charge in [0.2, 0.25) is 0 Å². The van der Waals surface area contributed by atoms with Crippen LogP contribution in [0.3, 0.4) is 0 Å². The van der Waals surface area contributed by atoms with Crippen molar-refractivity contribution in [3.05, 3.63) is 49.0 Å². The molecule has 0 spiro atoms. The average Bonchev–Trinajstić information content (AvgIpc) is 2.76. The SMILES string of the molecule is COC(=O)C(Nc1ccccc1Cl)c1cc(Br)c(Cl)s1. The maximum absolute atomic E-state index is 12.0. The third-order valence-electron chi connectivity index (χ3n) is 2.56. The first-order valence-electron chi connectivity index (χ1n) is 5.56. The summed E-state index contributed by atoms with van der Waals surface area (Å²) in [4.78, 5) is 12.7. The molecule has 0 radical (unpaired) electrons. The van der Waals surface area contributed by atoms with Crippen LogP contribution in [0.1, 0.15) is 10.9 Å². The summed E-state index contributed by atoms with van der Waals surface area (Å²) in [5.41, 5.74) is 0.658. The number of halogens is 3. The molecule has 0 saturated carbocycles. The number of thiophene rings is 1. The van der Waals surface area contributed by atoms with Crippen molar-refractivity contribution in [2.45, 2.75) is 6.04 Å². The van der Waals surface area contributed by atoms with Crippen LogP contribution < -0.4 is 5.32 Å². The van der Waals surface area contributed by atoms with E-state index in [1.807, 2.05) is 12.1 Å². The normalized spacial score (nSPS) is 12.0. The van der Waals surface area contributed by atoms with Gasteiger partial charge in [-0.15, -0.1) is 11.3 Å². The number of methoxy groups -OCH3 is 1. The number of nitrogens with one attached hydrogen (secondary N) is 1. The molecule has 2 rings (SSSR count). The highest BCUT2D eigenvalue weighted by Crippen LogP contribution is 2.37. The lowest BCUT2D eigenvalue weighted by molar-refractivity contribution is -0.141. The van der Waals surface area contributed by atoms with Crippen LogP contribution in [0.5, 0.6) is 0 Å². The average molecular weight is 395 g/mol. The van der Waals surface area contributed by atoms with Crippen molar-refractivity contribution >= 4 is 62.1 Å². The Morgan fingerprint density at radius 3 is 2.65 bits per heavy atom. The lowest BCUT2D eigenvalue weighted by Crippen LogP contribution is -2.21. The zero-order chi connectivity index (χ0) is 14.7. The van der Waals surface area contributed by atoms with Gasteiger partial charge in [0.15, 0.2) is 6.04 Å². The van der Waals surface area contributed by atoms with Gasteiger partial charge in [-0.3, -0.25) is 0 Å². The van der Waals surface area contributed by atoms with Crippen LogP contribution in [-0.2, 0) is 9.53 Å². The Kier molecular flexibility index (Phi) is 5.32. The van der Waals surface area contributed by atoms with Gasteiger partial charge in [0.25, 0.3) is 0 Å². The molecule has 1 N–H and O–H groups in total. The smallest absolute Gasteiger partial charge is 0.333 e. The first kappa shape index (κ1) is 15.6. The molecule has 0 bridgehead atoms. The summed E-state index contributed by atoms with van der Waals surface area (Å²) in [6.45, 7) is 0. The lowest BCUT2D eigenvalue weighted by Gasteiger charge is -2.17. The van der Waals surface area contributed by atoms with Gasteiger partial charge in [-0.25, -0.2) is 4.79 Å². The van der Waals surface area contributed by atoms with E-state index in [1.165, 1.54) is 18.4 Å². The van der Waals surface area contributed by atoms with Gasteiger partial charge in [-0.1, -0.05) is 35.3 Å². The number of anilines is 1. The Labute approximate surface area is 139 Å². The molecule has 1 heterocycles. The van der Waals surface area contributed by atoms with Crippen molar-refractivity contribution in [2.24, 2.45) is 0 Å². The summed E-state index contributed by atoms with van der Waals surface area (Å²) in [6, 6.07) is 8.32. The summed E-state index contributed by atoms with van der Waals surface area (Å²) in [7, 11) is 1.34. The second-order valence-electron chi connectivity index (χ2n) is 3.85. The van der Waals surface area contributed by atoms with Crippen molar-refractivity contribution in [3.8, 4) is 0 Å². The third-order valence-corrected chi connectivity index (χ3v) is 5.43. The molecule has 0 aliphatic heterocycles. The molecule has 106 valence electrons. The maximum Gasteiger partial charge on any atom is 0.333 e. The van der Waals surface area contributed by atoms with Crippen LogP contribution in [0.25, 0.3) is 0 Å². The van der Waals surface area contributed by atoms with Gasteiger partial charge < -0.3 is 10.1 Å². The summed E-state index contributed by atoms with van der Waals surface area (Å²) < 4.78 is 6.15. The maximum atomic E-state index is 12.0. The minimum absolute atomic E-state index is 0.407. The van der Waals surface area contributed by atoms with Crippen LogP contribution in [0.15, 0.2) is 34.8 Å². The Bertz CT molecular complexity index is 613. The monoisotopic (exact) mass is 393 g/mol. The number of hydrogen-bond donors (Lipinski definition) is 1. The molecular formula is C13H10BrCl2NO2S. The van der Waals surface area contributed by atoms with E-state index in [2.05, 4.69) is 21.2 Å². The standard InChI is InChI=1S/C13H10BrCl2NO2S/c1-19-13(18)11(10-6-7(14)12(16)20-10)17-9-5-3-2-4-8(9)15/h2-6,11,17H,1H3. The highest BCUT2D eigenvalue weighted by molar-refractivity contribution is 9.10. The quantitative estimate of drug-likeness (QED) is 0.729. The van der Waals surface area contributed by atoms with Crippen LogP contribution in [-0.4, -0.2) is 13.1 Å². The van der Waals surface area contributed by atoms with Crippen molar-refractivity contribution in [3.63, 3.8) is 0 Å². The Hall–Kier alpha value is -0.750. The molecule has 3 nitrogen and oxygen atoms in total. The van der Waals surface area contributed by atoms with Crippen molar-refractivity contribution in [1.82, 2.24) is 0 Å². The zero-order valence-electron chi connectivity index (χ0n) is 10.3. The first-order chi connectivity index (χ1) is 9.52. The molecule has 7 heteroatoms. The van der Waals surface area contributed by atoms with Gasteiger partial charge in [0.1, 0.15) is 4.34 Å². The number of ether oxygens (including phenoxy) is 1. The highest BCUT2D eigenvalue weighted by Gasteiger charge is 2.25. The number of esters is 1. The molecule has 2 aromatic rings. The van der Waals surface area contributed by atoms with Gasteiger partial charge in [-0.05, 0) is 34.1 Å². The van der Waals surface area contributed by atoms with Crippen LogP contribution in [0.4, 0.5) is 5.69 Å². The van der Waals surface area contributed by atoms with E-state index < -0.39 is 12.0 Å². The van der Waals surface area contributed by atoms with Crippen molar-refractivity contribution < 1.29 is 9.53 Å². The Balaban J connectivity index is 2.34. The largest absolute Gasteiger partial charge is 0.467 e. The topological polar surface area (TPSA) is 38.3 Å². The molecule has 1 unspecified atom stereocenters. The second kappa shape index (κ2) is 6.80. The molecule has 20 heavy (non-hydrogen) atoms. The molecule has 0 fully saturated rings. The molecule has 1 atom stereocenters. The summed E-state index contributed by atoms with van der Waals surface area (Å²) in [5, 5.41) is 3.61. The number of hydrogen-bond acceptors (Lipinski definition) is 4. The minimum atomic E-state index is -0.659. The molecule has 1 aromatic carbocycles. The van der Waals surface area contributed by atoms with Crippen LogP contribution in [0.2, 0.25) is 9.36 Å². The van der Waals surface area contributed by atoms with E-state index in [0.29, 0.717) is 15.0 Å². The third kappa shape index (κ3) is 3.47. The molecule has 0 saturated heterocycles. The van der Waals surface area contributed by atoms with Gasteiger partial charge >= 0.3 is 5.97 Å². The number of carbonyl (C=O) groups is 1. The van der Waals surface area contributed by atoms with Crippen LogP contribution in [0, 0.1) is 0 Å². The van der Waals surface area contributed by atoms with E-state index in [-0.39, 0.29) is 0 Å². The van der Waals surface area contributed by atoms with Crippen molar-refractivity contribution in [2.75, 3.05) is 12.4 Å². The Morgan fingerprint density at radius 2 is 2.10 bits per heavy atom. The summed E-state index contributed by atoms with van der Waals surface area (Å²) in [5.74, 6) is -0.407. The second-order valence-corrected chi connectivity index (χ2v) is 6.80. The number of carbonyl (C=O) groups excluding carboxylic acids is 1. The Morgan fingerprint density at radius 1 is 1.40 bits per heavy atom. The molecule has 0 aliphatic rings. The van der Waals surface area contributed by atoms with Gasteiger partial charge in [0, 0.05) is 9.35 Å². The van der Waals surface area contributed by atoms with Crippen LogP contribution >= 0.6 is 50.5 Å². The predicted molar refractivity (Wildman–Crippen MR) is 86.9 cm³/mol. The predicted octanol–water partition coefficient (Wildman–Crippen LogP) is 5.14. The molecule has 1 aromatic heterocycles. The van der Waals surface area contributed by atoms with E-state index in [1.54, 1.807) is 18.2 Å². The fraction of sp³-hybridized carbons (Fsp3) is 0.154.